The molecule has 0 unspecified atom stereocenters. The summed E-state index contributed by atoms with van der Waals surface area (Å²) in [6.07, 6.45) is -0.750. The van der Waals surface area contributed by atoms with E-state index in [1.807, 2.05) is 0 Å². The molecule has 1 fully saturated rings. The van der Waals surface area contributed by atoms with Crippen LogP contribution in [0.3, 0.4) is 0 Å². The largest absolute Gasteiger partial charge is 0.347 e. The van der Waals surface area contributed by atoms with E-state index in [4.69, 9.17) is 15.2 Å². The fourth-order valence-electron chi connectivity index (χ4n) is 2.33. The van der Waals surface area contributed by atoms with Gasteiger partial charge in [0.2, 0.25) is 0 Å². The molecule has 3 rings (SSSR count). The minimum atomic E-state index is -1.59. The zero-order valence-electron chi connectivity index (χ0n) is 11.9. The van der Waals surface area contributed by atoms with Crippen LogP contribution < -0.4 is 5.73 Å². The highest BCUT2D eigenvalue weighted by molar-refractivity contribution is 5.64. The van der Waals surface area contributed by atoms with E-state index in [0.29, 0.717) is 5.56 Å². The number of hydrogen-bond donors (Lipinski definition) is 1. The Morgan fingerprint density at radius 1 is 0.870 bits per heavy atom. The number of rotatable bonds is 2. The standard InChI is InChI=1S/C16H13F4NO2/c17-12-3-8(16-22-6-10(21)7-23-16)1-2-11(12)9-4-13(18)15(20)14(19)5-9/h1-5,10,16H,6-7,21H2. The maximum absolute atomic E-state index is 14.3. The van der Waals surface area contributed by atoms with Gasteiger partial charge in [-0.25, -0.2) is 17.6 Å². The van der Waals surface area contributed by atoms with E-state index >= 15 is 0 Å². The van der Waals surface area contributed by atoms with Crippen LogP contribution >= 0.6 is 0 Å². The Labute approximate surface area is 129 Å². The molecule has 1 aliphatic heterocycles. The third kappa shape index (κ3) is 3.21. The molecule has 0 radical (unpaired) electrons. The van der Waals surface area contributed by atoms with Crippen molar-refractivity contribution in [3.05, 3.63) is 59.2 Å². The highest BCUT2D eigenvalue weighted by Gasteiger charge is 2.22. The lowest BCUT2D eigenvalue weighted by Gasteiger charge is -2.27. The van der Waals surface area contributed by atoms with Gasteiger partial charge in [-0.15, -0.1) is 0 Å². The topological polar surface area (TPSA) is 44.5 Å². The second-order valence-corrected chi connectivity index (χ2v) is 5.25. The van der Waals surface area contributed by atoms with Gasteiger partial charge in [-0.05, 0) is 23.8 Å². The van der Waals surface area contributed by atoms with Crippen LogP contribution in [0, 0.1) is 23.3 Å². The van der Waals surface area contributed by atoms with Crippen molar-refractivity contribution in [2.24, 2.45) is 5.73 Å². The minimum Gasteiger partial charge on any atom is -0.347 e. The quantitative estimate of drug-likeness (QED) is 0.680. The summed E-state index contributed by atoms with van der Waals surface area (Å²) >= 11 is 0. The Balaban J connectivity index is 1.91. The molecule has 2 aromatic rings. The Morgan fingerprint density at radius 3 is 2.04 bits per heavy atom. The Bertz CT molecular complexity index is 707. The van der Waals surface area contributed by atoms with Crippen molar-refractivity contribution in [1.29, 1.82) is 0 Å². The van der Waals surface area contributed by atoms with Gasteiger partial charge < -0.3 is 15.2 Å². The van der Waals surface area contributed by atoms with Gasteiger partial charge in [0.25, 0.3) is 0 Å². The van der Waals surface area contributed by atoms with Crippen molar-refractivity contribution in [2.75, 3.05) is 13.2 Å². The van der Waals surface area contributed by atoms with E-state index in [1.54, 1.807) is 0 Å². The van der Waals surface area contributed by atoms with Gasteiger partial charge >= 0.3 is 0 Å². The molecule has 2 aromatic carbocycles. The average molecular weight is 327 g/mol. The van der Waals surface area contributed by atoms with E-state index in [1.165, 1.54) is 12.1 Å². The summed E-state index contributed by atoms with van der Waals surface area (Å²) in [6.45, 7) is 0.560. The first-order valence-corrected chi connectivity index (χ1v) is 6.89. The molecule has 2 N–H and O–H groups in total. The highest BCUT2D eigenvalue weighted by atomic mass is 19.2. The predicted molar refractivity (Wildman–Crippen MR) is 74.3 cm³/mol. The highest BCUT2D eigenvalue weighted by Crippen LogP contribution is 2.30. The fraction of sp³-hybridized carbons (Fsp3) is 0.250. The van der Waals surface area contributed by atoms with E-state index < -0.39 is 29.6 Å². The number of hydrogen-bond acceptors (Lipinski definition) is 3. The monoisotopic (exact) mass is 327 g/mol. The Hall–Kier alpha value is -1.96. The van der Waals surface area contributed by atoms with Crippen molar-refractivity contribution in [3.63, 3.8) is 0 Å². The van der Waals surface area contributed by atoms with Gasteiger partial charge in [0.05, 0.1) is 19.3 Å². The van der Waals surface area contributed by atoms with Gasteiger partial charge in [-0.1, -0.05) is 12.1 Å². The van der Waals surface area contributed by atoms with Crippen LogP contribution in [0.1, 0.15) is 11.9 Å². The molecule has 23 heavy (non-hydrogen) atoms. The molecule has 0 aromatic heterocycles. The molecule has 1 aliphatic rings. The van der Waals surface area contributed by atoms with E-state index in [-0.39, 0.29) is 30.4 Å². The maximum atomic E-state index is 14.3. The summed E-state index contributed by atoms with van der Waals surface area (Å²) in [5.41, 5.74) is 5.88. The SMILES string of the molecule is NC1COC(c2ccc(-c3cc(F)c(F)c(F)c3)c(F)c2)OC1. The third-order valence-electron chi connectivity index (χ3n) is 3.48. The minimum absolute atomic E-state index is 0.0564. The molecule has 0 amide bonds. The van der Waals surface area contributed by atoms with Crippen molar-refractivity contribution >= 4 is 0 Å². The normalized spacial score (nSPS) is 21.4. The summed E-state index contributed by atoms with van der Waals surface area (Å²) in [4.78, 5) is 0. The molecule has 7 heteroatoms. The van der Waals surface area contributed by atoms with Crippen LogP contribution in [0.5, 0.6) is 0 Å². The number of benzene rings is 2. The van der Waals surface area contributed by atoms with Crippen molar-refractivity contribution in [1.82, 2.24) is 0 Å². The number of ether oxygens (including phenoxy) is 2. The third-order valence-corrected chi connectivity index (χ3v) is 3.48. The molecule has 1 saturated heterocycles. The molecule has 0 saturated carbocycles. The van der Waals surface area contributed by atoms with E-state index in [2.05, 4.69) is 0 Å². The molecule has 0 atom stereocenters. The van der Waals surface area contributed by atoms with Crippen molar-refractivity contribution < 1.29 is 27.0 Å². The van der Waals surface area contributed by atoms with Gasteiger partial charge in [0, 0.05) is 11.1 Å². The zero-order chi connectivity index (χ0) is 16.6. The average Bonchev–Trinajstić information content (AvgIpc) is 2.53. The number of nitrogens with two attached hydrogens (primary N) is 1. The van der Waals surface area contributed by atoms with E-state index in [0.717, 1.165) is 18.2 Å². The second kappa shape index (κ2) is 6.27. The van der Waals surface area contributed by atoms with Crippen LogP contribution in [0.2, 0.25) is 0 Å². The molecule has 0 spiro atoms. The molecular weight excluding hydrogens is 314 g/mol. The molecule has 0 aliphatic carbocycles. The first-order valence-electron chi connectivity index (χ1n) is 6.89. The molecule has 0 bridgehead atoms. The summed E-state index contributed by atoms with van der Waals surface area (Å²) in [5.74, 6) is -5.08. The Kier molecular flexibility index (Phi) is 4.34. The molecule has 122 valence electrons. The fourth-order valence-corrected chi connectivity index (χ4v) is 2.33. The lowest BCUT2D eigenvalue weighted by atomic mass is 10.0. The van der Waals surface area contributed by atoms with E-state index in [9.17, 15) is 17.6 Å². The smallest absolute Gasteiger partial charge is 0.194 e. The van der Waals surface area contributed by atoms with Crippen LogP contribution in [0.4, 0.5) is 17.6 Å². The summed E-state index contributed by atoms with van der Waals surface area (Å²) in [5, 5.41) is 0. The predicted octanol–water partition coefficient (Wildman–Crippen LogP) is 3.28. The first-order chi connectivity index (χ1) is 11.0. The zero-order valence-corrected chi connectivity index (χ0v) is 11.9. The van der Waals surface area contributed by atoms with Crippen LogP contribution in [0.15, 0.2) is 30.3 Å². The first kappa shape index (κ1) is 15.9. The lowest BCUT2D eigenvalue weighted by Crippen LogP contribution is -2.37. The van der Waals surface area contributed by atoms with Gasteiger partial charge in [-0.2, -0.15) is 0 Å². The van der Waals surface area contributed by atoms with Gasteiger partial charge in [-0.3, -0.25) is 0 Å². The van der Waals surface area contributed by atoms with Gasteiger partial charge in [0.15, 0.2) is 23.7 Å². The molecular formula is C16H13F4NO2. The van der Waals surface area contributed by atoms with Crippen molar-refractivity contribution in [2.45, 2.75) is 12.3 Å². The lowest BCUT2D eigenvalue weighted by molar-refractivity contribution is -0.190. The second-order valence-electron chi connectivity index (χ2n) is 5.25. The Morgan fingerprint density at radius 2 is 1.48 bits per heavy atom. The van der Waals surface area contributed by atoms with Crippen LogP contribution in [-0.2, 0) is 9.47 Å². The summed E-state index contributed by atoms with van der Waals surface area (Å²) < 4.78 is 64.5. The number of halogens is 4. The van der Waals surface area contributed by atoms with Gasteiger partial charge in [0.1, 0.15) is 5.82 Å². The van der Waals surface area contributed by atoms with Crippen molar-refractivity contribution in [3.8, 4) is 11.1 Å². The van der Waals surface area contributed by atoms with Crippen LogP contribution in [-0.4, -0.2) is 19.3 Å². The summed E-state index contributed by atoms with van der Waals surface area (Å²) in [6, 6.07) is 5.24. The maximum Gasteiger partial charge on any atom is 0.194 e. The molecule has 3 nitrogen and oxygen atoms in total. The van der Waals surface area contributed by atoms with Crippen LogP contribution in [0.25, 0.3) is 11.1 Å². The summed E-state index contributed by atoms with van der Waals surface area (Å²) in [7, 11) is 0. The molecule has 1 heterocycles.